The molecule has 1 aromatic heterocycles. The van der Waals surface area contributed by atoms with Crippen molar-refractivity contribution in [1.82, 2.24) is 15.3 Å². The molecule has 0 unspecified atom stereocenters. The van der Waals surface area contributed by atoms with E-state index < -0.39 is 17.5 Å². The van der Waals surface area contributed by atoms with Crippen molar-refractivity contribution in [3.63, 3.8) is 0 Å². The van der Waals surface area contributed by atoms with Crippen LogP contribution in [0.5, 0.6) is 11.6 Å². The lowest BCUT2D eigenvalue weighted by atomic mass is 10.1. The zero-order chi connectivity index (χ0) is 17.8. The van der Waals surface area contributed by atoms with Crippen LogP contribution in [0.1, 0.15) is 21.6 Å². The Bertz CT molecular complexity index is 894. The second-order valence-electron chi connectivity index (χ2n) is 5.60. The summed E-state index contributed by atoms with van der Waals surface area (Å²) in [5, 5.41) is 22.5. The first-order valence-electron chi connectivity index (χ1n) is 7.73. The minimum absolute atomic E-state index is 0.167. The van der Waals surface area contributed by atoms with Gasteiger partial charge in [-0.25, -0.2) is 4.98 Å². The SMILES string of the molecule is Cc1ccc(-c2nc(O)c(O)c(C(=O)NCc3ccccc3)n2)cc1. The Morgan fingerprint density at radius 3 is 2.36 bits per heavy atom. The van der Waals surface area contributed by atoms with Crippen molar-refractivity contribution < 1.29 is 15.0 Å². The second kappa shape index (κ2) is 7.00. The first-order chi connectivity index (χ1) is 12.0. The molecular formula is C19H17N3O3. The summed E-state index contributed by atoms with van der Waals surface area (Å²) in [5.74, 6) is -1.69. The number of amides is 1. The van der Waals surface area contributed by atoms with Crippen molar-refractivity contribution in [3.05, 3.63) is 71.4 Å². The maximum absolute atomic E-state index is 12.4. The monoisotopic (exact) mass is 335 g/mol. The topological polar surface area (TPSA) is 95.3 Å². The molecule has 0 fully saturated rings. The standard InChI is InChI=1S/C19H17N3O3/c1-12-7-9-14(10-8-12)17-21-15(16(23)19(25)22-17)18(24)20-11-13-5-3-2-4-6-13/h2-10,23H,11H2,1H3,(H,20,24)(H,21,22,25). The van der Waals surface area contributed by atoms with Crippen LogP contribution in [0, 0.1) is 6.92 Å². The smallest absolute Gasteiger partial charge is 0.274 e. The number of hydrogen-bond donors (Lipinski definition) is 3. The number of aromatic nitrogens is 2. The highest BCUT2D eigenvalue weighted by Gasteiger charge is 2.20. The lowest BCUT2D eigenvalue weighted by Crippen LogP contribution is -2.24. The Balaban J connectivity index is 1.87. The molecule has 6 heteroatoms. The summed E-state index contributed by atoms with van der Waals surface area (Å²) in [5.41, 5.74) is 2.34. The maximum Gasteiger partial charge on any atom is 0.274 e. The van der Waals surface area contributed by atoms with E-state index in [-0.39, 0.29) is 18.1 Å². The first-order valence-corrected chi connectivity index (χ1v) is 7.73. The molecule has 3 aromatic rings. The van der Waals surface area contributed by atoms with E-state index in [0.29, 0.717) is 5.56 Å². The largest absolute Gasteiger partial charge is 0.501 e. The number of benzene rings is 2. The van der Waals surface area contributed by atoms with Gasteiger partial charge in [0.15, 0.2) is 11.5 Å². The molecule has 3 N–H and O–H groups in total. The Morgan fingerprint density at radius 1 is 1.00 bits per heavy atom. The predicted octanol–water partition coefficient (Wildman–Crippen LogP) is 2.79. The van der Waals surface area contributed by atoms with E-state index in [0.717, 1.165) is 11.1 Å². The van der Waals surface area contributed by atoms with E-state index in [1.54, 1.807) is 12.1 Å². The first kappa shape index (κ1) is 16.4. The van der Waals surface area contributed by atoms with E-state index >= 15 is 0 Å². The Morgan fingerprint density at radius 2 is 1.68 bits per heavy atom. The van der Waals surface area contributed by atoms with Crippen LogP contribution in [0.2, 0.25) is 0 Å². The highest BCUT2D eigenvalue weighted by Crippen LogP contribution is 2.28. The number of carbonyl (C=O) groups excluding carboxylic acids is 1. The molecule has 126 valence electrons. The predicted molar refractivity (Wildman–Crippen MR) is 93.1 cm³/mol. The number of aryl methyl sites for hydroxylation is 1. The van der Waals surface area contributed by atoms with Gasteiger partial charge in [-0.3, -0.25) is 4.79 Å². The molecule has 0 spiro atoms. The van der Waals surface area contributed by atoms with Crippen molar-refractivity contribution in [2.24, 2.45) is 0 Å². The highest BCUT2D eigenvalue weighted by molar-refractivity contribution is 5.95. The maximum atomic E-state index is 12.4. The van der Waals surface area contributed by atoms with E-state index in [1.807, 2.05) is 49.4 Å². The van der Waals surface area contributed by atoms with Gasteiger partial charge in [0.2, 0.25) is 5.75 Å². The molecule has 0 aliphatic rings. The number of hydrogen-bond acceptors (Lipinski definition) is 5. The Labute approximate surface area is 144 Å². The van der Waals surface area contributed by atoms with Crippen molar-refractivity contribution in [2.45, 2.75) is 13.5 Å². The van der Waals surface area contributed by atoms with Gasteiger partial charge >= 0.3 is 0 Å². The van der Waals surface area contributed by atoms with Crippen LogP contribution in [0.25, 0.3) is 11.4 Å². The Hall–Kier alpha value is -3.41. The fourth-order valence-electron chi connectivity index (χ4n) is 2.29. The molecule has 0 atom stereocenters. The van der Waals surface area contributed by atoms with Crippen LogP contribution >= 0.6 is 0 Å². The van der Waals surface area contributed by atoms with Gasteiger partial charge in [-0.15, -0.1) is 0 Å². The molecule has 0 saturated carbocycles. The number of carbonyl (C=O) groups is 1. The van der Waals surface area contributed by atoms with Gasteiger partial charge in [0.25, 0.3) is 11.8 Å². The average molecular weight is 335 g/mol. The van der Waals surface area contributed by atoms with Gasteiger partial charge in [0, 0.05) is 12.1 Å². The molecule has 6 nitrogen and oxygen atoms in total. The average Bonchev–Trinajstić information content (AvgIpc) is 2.63. The van der Waals surface area contributed by atoms with Gasteiger partial charge < -0.3 is 15.5 Å². The normalized spacial score (nSPS) is 10.4. The summed E-state index contributed by atoms with van der Waals surface area (Å²) in [6, 6.07) is 16.7. The third kappa shape index (κ3) is 3.74. The van der Waals surface area contributed by atoms with Crippen LogP contribution < -0.4 is 5.32 Å². The molecule has 0 aliphatic heterocycles. The minimum atomic E-state index is -0.638. The quantitative estimate of drug-likeness (QED) is 0.681. The molecule has 0 radical (unpaired) electrons. The molecule has 0 bridgehead atoms. The van der Waals surface area contributed by atoms with E-state index in [1.165, 1.54) is 0 Å². The molecule has 1 heterocycles. The van der Waals surface area contributed by atoms with Crippen LogP contribution in [0.4, 0.5) is 0 Å². The summed E-state index contributed by atoms with van der Waals surface area (Å²) in [6.07, 6.45) is 0. The summed E-state index contributed by atoms with van der Waals surface area (Å²) < 4.78 is 0. The zero-order valence-electron chi connectivity index (χ0n) is 13.6. The second-order valence-corrected chi connectivity index (χ2v) is 5.60. The number of nitrogens with one attached hydrogen (secondary N) is 1. The lowest BCUT2D eigenvalue weighted by molar-refractivity contribution is 0.0942. The minimum Gasteiger partial charge on any atom is -0.501 e. The van der Waals surface area contributed by atoms with Crippen LogP contribution in [-0.2, 0) is 6.54 Å². The third-order valence-electron chi connectivity index (χ3n) is 3.69. The van der Waals surface area contributed by atoms with Gasteiger partial charge in [0.05, 0.1) is 0 Å². The molecule has 2 aromatic carbocycles. The van der Waals surface area contributed by atoms with E-state index in [9.17, 15) is 15.0 Å². The van der Waals surface area contributed by atoms with Crippen LogP contribution in [-0.4, -0.2) is 26.1 Å². The van der Waals surface area contributed by atoms with Gasteiger partial charge in [0.1, 0.15) is 0 Å². The van der Waals surface area contributed by atoms with Crippen LogP contribution in [0.3, 0.4) is 0 Å². The lowest BCUT2D eigenvalue weighted by Gasteiger charge is -2.09. The Kier molecular flexibility index (Phi) is 4.61. The van der Waals surface area contributed by atoms with Crippen molar-refractivity contribution in [3.8, 4) is 23.0 Å². The summed E-state index contributed by atoms with van der Waals surface area (Å²) in [4.78, 5) is 20.3. The fraction of sp³-hybridized carbons (Fsp3) is 0.105. The summed E-state index contributed by atoms with van der Waals surface area (Å²) in [6.45, 7) is 2.23. The molecular weight excluding hydrogens is 318 g/mol. The van der Waals surface area contributed by atoms with Gasteiger partial charge in [-0.05, 0) is 12.5 Å². The van der Waals surface area contributed by atoms with Crippen LogP contribution in [0.15, 0.2) is 54.6 Å². The number of aromatic hydroxyl groups is 2. The molecule has 1 amide bonds. The van der Waals surface area contributed by atoms with Gasteiger partial charge in [-0.2, -0.15) is 4.98 Å². The molecule has 3 rings (SSSR count). The zero-order valence-corrected chi connectivity index (χ0v) is 13.6. The third-order valence-corrected chi connectivity index (χ3v) is 3.69. The molecule has 25 heavy (non-hydrogen) atoms. The number of nitrogens with zero attached hydrogens (tertiary/aromatic N) is 2. The number of rotatable bonds is 4. The van der Waals surface area contributed by atoms with E-state index in [2.05, 4.69) is 15.3 Å². The fourth-order valence-corrected chi connectivity index (χ4v) is 2.29. The summed E-state index contributed by atoms with van der Waals surface area (Å²) in [7, 11) is 0. The molecule has 0 aliphatic carbocycles. The highest BCUT2D eigenvalue weighted by atomic mass is 16.3. The van der Waals surface area contributed by atoms with Gasteiger partial charge in [-0.1, -0.05) is 60.2 Å². The van der Waals surface area contributed by atoms with Crippen molar-refractivity contribution in [2.75, 3.05) is 0 Å². The summed E-state index contributed by atoms with van der Waals surface area (Å²) >= 11 is 0. The van der Waals surface area contributed by atoms with Crippen molar-refractivity contribution >= 4 is 5.91 Å². The molecule has 0 saturated heterocycles. The van der Waals surface area contributed by atoms with E-state index in [4.69, 9.17) is 0 Å². The van der Waals surface area contributed by atoms with Crippen molar-refractivity contribution in [1.29, 1.82) is 0 Å².